The molecular formula is ClPS2. The third kappa shape index (κ3) is 3.16. The van der Waals surface area contributed by atoms with Gasteiger partial charge in [-0.1, -0.05) is 0 Å². The molecule has 0 amide bonds. The molecule has 0 nitrogen and oxygen atoms in total. The number of halogens is 1. The number of hydrogen-bond donors (Lipinski definition) is 0. The number of hydrogen-bond acceptors (Lipinski definition) is 2. The van der Waals surface area contributed by atoms with Gasteiger partial charge in [0.15, 0.2) is 0 Å². The van der Waals surface area contributed by atoms with Crippen LogP contribution in [0.3, 0.4) is 0 Å². The molecule has 0 aliphatic heterocycles. The third-order valence-corrected chi connectivity index (χ3v) is 2.28. The average molecular weight is 131 g/mol. The largest absolute Gasteiger partial charge is 0.0601 e. The molecule has 0 aliphatic rings. The fourth-order valence-corrected chi connectivity index (χ4v) is 0. The van der Waals surface area contributed by atoms with Crippen LogP contribution in [0.4, 0.5) is 0 Å². The van der Waals surface area contributed by atoms with Crippen LogP contribution in [0.25, 0.3) is 0 Å². The summed E-state index contributed by atoms with van der Waals surface area (Å²) >= 11 is 4.36. The molecule has 0 aromatic heterocycles. The Hall–Kier alpha value is 1.16. The SMILES string of the molecule is S=PSCl. The summed E-state index contributed by atoms with van der Waals surface area (Å²) in [6.45, 7) is 0.764. The predicted molar refractivity (Wildman–Crippen MR) is 27.7 cm³/mol. The Morgan fingerprint density at radius 2 is 2.25 bits per heavy atom. The third-order valence-electron chi connectivity index (χ3n) is 0.0282. The van der Waals surface area contributed by atoms with Crippen molar-refractivity contribution in [3.05, 3.63) is 0 Å². The van der Waals surface area contributed by atoms with Crippen molar-refractivity contribution >= 4 is 39.6 Å². The predicted octanol–water partition coefficient (Wildman–Crippen LogP) is 2.20. The van der Waals surface area contributed by atoms with Crippen LogP contribution in [-0.4, -0.2) is 0 Å². The Labute approximate surface area is 40.0 Å². The van der Waals surface area contributed by atoms with Gasteiger partial charge in [-0.15, -0.1) is 0 Å². The summed E-state index contributed by atoms with van der Waals surface area (Å²) in [4.78, 5) is 0. The Bertz CT molecular complexity index is 20.0. The zero-order valence-electron chi connectivity index (χ0n) is 1.64. The summed E-state index contributed by atoms with van der Waals surface area (Å²) in [5.41, 5.74) is 0. The van der Waals surface area contributed by atoms with Gasteiger partial charge in [0.2, 0.25) is 0 Å². The van der Waals surface area contributed by atoms with Crippen molar-refractivity contribution in [3.8, 4) is 0 Å². The van der Waals surface area contributed by atoms with Gasteiger partial charge < -0.3 is 0 Å². The maximum Gasteiger partial charge on any atom is 0.0601 e. The normalized spacial score (nSPS) is 8.25. The van der Waals surface area contributed by atoms with Crippen LogP contribution in [0.5, 0.6) is 0 Å². The first-order valence-corrected chi connectivity index (χ1v) is 4.68. The Morgan fingerprint density at radius 1 is 2.00 bits per heavy atom. The summed E-state index contributed by atoms with van der Waals surface area (Å²) in [6.07, 6.45) is 0. The minimum absolute atomic E-state index is 0.764. The molecule has 0 rings (SSSR count). The molecule has 0 bridgehead atoms. The molecule has 0 heterocycles. The van der Waals surface area contributed by atoms with Gasteiger partial charge in [-0.25, -0.2) is 0 Å². The highest BCUT2D eigenvalue weighted by molar-refractivity contribution is 8.68. The van der Waals surface area contributed by atoms with Crippen molar-refractivity contribution in [3.63, 3.8) is 0 Å². The molecule has 24 valence electrons. The highest BCUT2D eigenvalue weighted by atomic mass is 35.7. The van der Waals surface area contributed by atoms with E-state index >= 15 is 0 Å². The zero-order valence-corrected chi connectivity index (χ0v) is 4.93. The van der Waals surface area contributed by atoms with Crippen LogP contribution in [0, 0.1) is 0 Å². The van der Waals surface area contributed by atoms with Crippen molar-refractivity contribution in [2.24, 2.45) is 0 Å². The maximum atomic E-state index is 4.99. The molecule has 0 unspecified atom stereocenters. The summed E-state index contributed by atoms with van der Waals surface area (Å²) < 4.78 is 0. The Kier molecular flexibility index (Phi) is 5.37. The Morgan fingerprint density at radius 3 is 2.25 bits per heavy atom. The molecule has 0 aromatic carbocycles. The summed E-state index contributed by atoms with van der Waals surface area (Å²) in [5.74, 6) is 0. The molecule has 0 spiro atoms. The van der Waals surface area contributed by atoms with E-state index in [1.807, 2.05) is 0 Å². The number of rotatable bonds is 1. The van der Waals surface area contributed by atoms with E-state index in [0.29, 0.717) is 0 Å². The van der Waals surface area contributed by atoms with E-state index in [-0.39, 0.29) is 0 Å². The quantitative estimate of drug-likeness (QED) is 0.499. The van der Waals surface area contributed by atoms with Crippen molar-refractivity contribution in [2.75, 3.05) is 0 Å². The van der Waals surface area contributed by atoms with Gasteiger partial charge in [0.1, 0.15) is 0 Å². The first-order chi connectivity index (χ1) is 1.91. The minimum Gasteiger partial charge on any atom is -0.0437 e. The highest BCUT2D eigenvalue weighted by Gasteiger charge is 1.53. The van der Waals surface area contributed by atoms with Crippen LogP contribution in [0.15, 0.2) is 0 Å². The van der Waals surface area contributed by atoms with Gasteiger partial charge in [0, 0.05) is 10.6 Å². The van der Waals surface area contributed by atoms with Gasteiger partial charge in [-0.05, 0) is 22.5 Å². The van der Waals surface area contributed by atoms with Crippen LogP contribution in [0.1, 0.15) is 0 Å². The van der Waals surface area contributed by atoms with Crippen molar-refractivity contribution in [2.45, 2.75) is 0 Å². The monoisotopic (exact) mass is 130 g/mol. The van der Waals surface area contributed by atoms with E-state index in [0.717, 1.165) is 17.2 Å². The first-order valence-electron chi connectivity index (χ1n) is 0.519. The zero-order chi connectivity index (χ0) is 3.41. The fraction of sp³-hybridized carbons (Fsp3) is 0. The van der Waals surface area contributed by atoms with Crippen LogP contribution >= 0.6 is 27.8 Å². The van der Waals surface area contributed by atoms with E-state index in [2.05, 4.69) is 11.8 Å². The Balaban J connectivity index is 2.30. The summed E-state index contributed by atoms with van der Waals surface area (Å²) in [5, 5.41) is 0. The molecule has 0 aliphatic carbocycles. The van der Waals surface area contributed by atoms with Crippen molar-refractivity contribution in [1.29, 1.82) is 0 Å². The second kappa shape index (κ2) is 4.16. The highest BCUT2D eigenvalue weighted by Crippen LogP contribution is 2.21. The van der Waals surface area contributed by atoms with Gasteiger partial charge in [-0.2, -0.15) is 0 Å². The lowest BCUT2D eigenvalue weighted by Gasteiger charge is -1.49. The average Bonchev–Trinajstić information content (AvgIpc) is 1.37. The summed E-state index contributed by atoms with van der Waals surface area (Å²) in [7, 11) is 6.10. The minimum atomic E-state index is 0.764. The topological polar surface area (TPSA) is 0 Å². The standard InChI is InChI=1S/ClPS2/c1-4-2-3. The van der Waals surface area contributed by atoms with E-state index in [9.17, 15) is 0 Å². The van der Waals surface area contributed by atoms with Crippen LogP contribution < -0.4 is 0 Å². The lowest BCUT2D eigenvalue weighted by Crippen LogP contribution is -0.865. The van der Waals surface area contributed by atoms with Crippen molar-refractivity contribution < 1.29 is 0 Å². The van der Waals surface area contributed by atoms with Gasteiger partial charge >= 0.3 is 0 Å². The lowest BCUT2D eigenvalue weighted by molar-refractivity contribution is 5.25. The molecule has 0 atom stereocenters. The molecule has 0 radical (unpaired) electrons. The molecule has 0 N–H and O–H groups in total. The molecule has 4 heavy (non-hydrogen) atoms. The molecule has 0 saturated carbocycles. The van der Waals surface area contributed by atoms with E-state index in [4.69, 9.17) is 10.7 Å². The lowest BCUT2D eigenvalue weighted by atomic mass is 30.1. The van der Waals surface area contributed by atoms with Crippen LogP contribution in [-0.2, 0) is 11.8 Å². The molecule has 0 aromatic rings. The second-order valence-corrected chi connectivity index (χ2v) is 3.88. The maximum absolute atomic E-state index is 4.99. The first kappa shape index (κ1) is 5.16. The van der Waals surface area contributed by atoms with E-state index in [1.165, 1.54) is 0 Å². The van der Waals surface area contributed by atoms with Gasteiger partial charge in [0.05, 0.1) is 6.56 Å². The van der Waals surface area contributed by atoms with Crippen LogP contribution in [0.2, 0.25) is 0 Å². The van der Waals surface area contributed by atoms with Gasteiger partial charge in [-0.3, -0.25) is 0 Å². The van der Waals surface area contributed by atoms with Crippen molar-refractivity contribution in [1.82, 2.24) is 0 Å². The second-order valence-electron chi connectivity index (χ2n) is 0.144. The van der Waals surface area contributed by atoms with E-state index in [1.54, 1.807) is 0 Å². The van der Waals surface area contributed by atoms with Gasteiger partial charge in [0.25, 0.3) is 0 Å². The molecule has 0 fully saturated rings. The fourth-order valence-electron chi connectivity index (χ4n) is 0. The molecular weight excluding hydrogens is 131 g/mol. The van der Waals surface area contributed by atoms with E-state index < -0.39 is 0 Å². The molecule has 0 saturated heterocycles. The summed E-state index contributed by atoms with van der Waals surface area (Å²) in [6, 6.07) is 0. The molecule has 4 heteroatoms. The smallest absolute Gasteiger partial charge is 0.0437 e.